The minimum absolute atomic E-state index is 0.0563. The number of rotatable bonds is 4. The molecule has 1 saturated heterocycles. The molecule has 122 valence electrons. The van der Waals surface area contributed by atoms with Gasteiger partial charge in [0.1, 0.15) is 0 Å². The van der Waals surface area contributed by atoms with Crippen LogP contribution in [0.4, 0.5) is 0 Å². The summed E-state index contributed by atoms with van der Waals surface area (Å²) in [7, 11) is 0. The van der Waals surface area contributed by atoms with Gasteiger partial charge in [0.2, 0.25) is 5.91 Å². The standard InChI is InChI=1S/C17H20N2O4/c1-12-4-5-13-14(11-12)17(22)19(16(13)21)6-2-3-15(20)18-7-9-23-10-8-18/h4-5,11H,2-3,6-10H2,1H3. The van der Waals surface area contributed by atoms with E-state index in [4.69, 9.17) is 4.74 Å². The smallest absolute Gasteiger partial charge is 0.261 e. The number of fused-ring (bicyclic) bond motifs is 1. The molecule has 0 bridgehead atoms. The lowest BCUT2D eigenvalue weighted by Crippen LogP contribution is -2.41. The lowest BCUT2D eigenvalue weighted by atomic mass is 10.1. The number of ether oxygens (including phenoxy) is 1. The molecule has 0 N–H and O–H groups in total. The zero-order valence-corrected chi connectivity index (χ0v) is 13.2. The molecule has 0 radical (unpaired) electrons. The first-order valence-electron chi connectivity index (χ1n) is 7.90. The highest BCUT2D eigenvalue weighted by atomic mass is 16.5. The van der Waals surface area contributed by atoms with Gasteiger partial charge in [-0.1, -0.05) is 11.6 Å². The third-order valence-electron chi connectivity index (χ3n) is 4.26. The van der Waals surface area contributed by atoms with Crippen LogP contribution in [0.2, 0.25) is 0 Å². The molecular formula is C17H20N2O4. The van der Waals surface area contributed by atoms with Gasteiger partial charge in [0, 0.05) is 26.1 Å². The van der Waals surface area contributed by atoms with Crippen molar-refractivity contribution in [3.8, 4) is 0 Å². The van der Waals surface area contributed by atoms with E-state index in [0.29, 0.717) is 50.3 Å². The van der Waals surface area contributed by atoms with Crippen LogP contribution in [0.5, 0.6) is 0 Å². The Morgan fingerprint density at radius 2 is 1.83 bits per heavy atom. The largest absolute Gasteiger partial charge is 0.378 e. The third-order valence-corrected chi connectivity index (χ3v) is 4.26. The number of morpholine rings is 1. The quantitative estimate of drug-likeness (QED) is 0.784. The number of carbonyl (C=O) groups is 3. The van der Waals surface area contributed by atoms with Gasteiger partial charge in [-0.25, -0.2) is 0 Å². The third kappa shape index (κ3) is 3.12. The predicted octanol–water partition coefficient (Wildman–Crippen LogP) is 1.23. The van der Waals surface area contributed by atoms with Crippen LogP contribution < -0.4 is 0 Å². The zero-order valence-electron chi connectivity index (χ0n) is 13.2. The Labute approximate surface area is 135 Å². The van der Waals surface area contributed by atoms with E-state index < -0.39 is 0 Å². The van der Waals surface area contributed by atoms with Crippen molar-refractivity contribution < 1.29 is 19.1 Å². The van der Waals surface area contributed by atoms with E-state index in [9.17, 15) is 14.4 Å². The minimum atomic E-state index is -0.260. The van der Waals surface area contributed by atoms with Crippen molar-refractivity contribution in [2.75, 3.05) is 32.8 Å². The number of aryl methyl sites for hydroxylation is 1. The van der Waals surface area contributed by atoms with Crippen LogP contribution in [0.1, 0.15) is 39.1 Å². The average molecular weight is 316 g/mol. The van der Waals surface area contributed by atoms with Crippen molar-refractivity contribution in [2.45, 2.75) is 19.8 Å². The van der Waals surface area contributed by atoms with Crippen LogP contribution in [0, 0.1) is 6.92 Å². The molecule has 0 saturated carbocycles. The molecule has 0 atom stereocenters. The van der Waals surface area contributed by atoms with Crippen LogP contribution in [-0.2, 0) is 9.53 Å². The molecule has 0 unspecified atom stereocenters. The van der Waals surface area contributed by atoms with Gasteiger partial charge in [-0.05, 0) is 25.5 Å². The highest BCUT2D eigenvalue weighted by molar-refractivity contribution is 6.21. The number of carbonyl (C=O) groups excluding carboxylic acids is 3. The van der Waals surface area contributed by atoms with E-state index in [0.717, 1.165) is 5.56 Å². The van der Waals surface area contributed by atoms with Gasteiger partial charge in [0.05, 0.1) is 24.3 Å². The predicted molar refractivity (Wildman–Crippen MR) is 83.2 cm³/mol. The molecule has 3 amide bonds. The van der Waals surface area contributed by atoms with Crippen LogP contribution >= 0.6 is 0 Å². The van der Waals surface area contributed by atoms with Crippen LogP contribution in [0.15, 0.2) is 18.2 Å². The Morgan fingerprint density at radius 3 is 2.57 bits per heavy atom. The molecule has 2 aliphatic heterocycles. The lowest BCUT2D eigenvalue weighted by Gasteiger charge is -2.27. The van der Waals surface area contributed by atoms with E-state index in [1.165, 1.54) is 4.90 Å². The van der Waals surface area contributed by atoms with Gasteiger partial charge < -0.3 is 9.64 Å². The molecule has 1 fully saturated rings. The molecule has 1 aromatic rings. The number of amides is 3. The highest BCUT2D eigenvalue weighted by Gasteiger charge is 2.35. The first-order chi connectivity index (χ1) is 11.1. The number of nitrogens with zero attached hydrogens (tertiary/aromatic N) is 2. The normalized spacial score (nSPS) is 17.6. The molecule has 2 heterocycles. The Morgan fingerprint density at radius 1 is 1.13 bits per heavy atom. The van der Waals surface area contributed by atoms with Gasteiger partial charge in [-0.2, -0.15) is 0 Å². The number of hydrogen-bond donors (Lipinski definition) is 0. The number of imide groups is 1. The van der Waals surface area contributed by atoms with Crippen molar-refractivity contribution in [3.05, 3.63) is 34.9 Å². The summed E-state index contributed by atoms with van der Waals surface area (Å²) in [6.07, 6.45) is 0.826. The fourth-order valence-corrected chi connectivity index (χ4v) is 2.97. The molecule has 23 heavy (non-hydrogen) atoms. The molecule has 2 aliphatic rings. The average Bonchev–Trinajstić information content (AvgIpc) is 2.80. The SMILES string of the molecule is Cc1ccc2c(c1)C(=O)N(CCCC(=O)N1CCOCC1)C2=O. The van der Waals surface area contributed by atoms with Crippen LogP contribution in [0.3, 0.4) is 0 Å². The molecular weight excluding hydrogens is 296 g/mol. The summed E-state index contributed by atoms with van der Waals surface area (Å²) in [6, 6.07) is 5.27. The lowest BCUT2D eigenvalue weighted by molar-refractivity contribution is -0.135. The Kier molecular flexibility index (Phi) is 4.43. The van der Waals surface area contributed by atoms with Gasteiger partial charge in [-0.3, -0.25) is 19.3 Å². The molecule has 6 nitrogen and oxygen atoms in total. The summed E-state index contributed by atoms with van der Waals surface area (Å²) in [4.78, 5) is 39.7. The molecule has 0 aromatic heterocycles. The maximum absolute atomic E-state index is 12.3. The Balaban J connectivity index is 1.56. The van der Waals surface area contributed by atoms with Gasteiger partial charge in [0.25, 0.3) is 11.8 Å². The Bertz CT molecular complexity index is 650. The van der Waals surface area contributed by atoms with E-state index in [-0.39, 0.29) is 24.3 Å². The zero-order chi connectivity index (χ0) is 16.4. The van der Waals surface area contributed by atoms with Crippen molar-refractivity contribution >= 4 is 17.7 Å². The first kappa shape index (κ1) is 15.7. The number of hydrogen-bond acceptors (Lipinski definition) is 4. The molecule has 0 spiro atoms. The van der Waals surface area contributed by atoms with E-state index >= 15 is 0 Å². The maximum atomic E-state index is 12.3. The monoisotopic (exact) mass is 316 g/mol. The van der Waals surface area contributed by atoms with Crippen molar-refractivity contribution in [2.24, 2.45) is 0 Å². The van der Waals surface area contributed by atoms with Gasteiger partial charge in [-0.15, -0.1) is 0 Å². The summed E-state index contributed by atoms with van der Waals surface area (Å²) in [6.45, 7) is 4.55. The summed E-state index contributed by atoms with van der Waals surface area (Å²) in [5.41, 5.74) is 1.88. The molecule has 3 rings (SSSR count). The van der Waals surface area contributed by atoms with E-state index in [2.05, 4.69) is 0 Å². The fourth-order valence-electron chi connectivity index (χ4n) is 2.97. The van der Waals surface area contributed by atoms with Crippen molar-refractivity contribution in [1.82, 2.24) is 9.80 Å². The highest BCUT2D eigenvalue weighted by Crippen LogP contribution is 2.24. The maximum Gasteiger partial charge on any atom is 0.261 e. The van der Waals surface area contributed by atoms with Crippen molar-refractivity contribution in [3.63, 3.8) is 0 Å². The van der Waals surface area contributed by atoms with Gasteiger partial charge in [0.15, 0.2) is 0 Å². The second kappa shape index (κ2) is 6.50. The first-order valence-corrected chi connectivity index (χ1v) is 7.90. The van der Waals surface area contributed by atoms with Crippen LogP contribution in [-0.4, -0.2) is 60.4 Å². The minimum Gasteiger partial charge on any atom is -0.378 e. The van der Waals surface area contributed by atoms with E-state index in [1.54, 1.807) is 17.0 Å². The Hall–Kier alpha value is -2.21. The fraction of sp³-hybridized carbons (Fsp3) is 0.471. The number of benzene rings is 1. The molecule has 6 heteroatoms. The summed E-state index contributed by atoms with van der Waals surface area (Å²) >= 11 is 0. The second-order valence-electron chi connectivity index (χ2n) is 5.91. The van der Waals surface area contributed by atoms with E-state index in [1.807, 2.05) is 13.0 Å². The second-order valence-corrected chi connectivity index (χ2v) is 5.91. The molecule has 1 aromatic carbocycles. The van der Waals surface area contributed by atoms with Crippen molar-refractivity contribution in [1.29, 1.82) is 0 Å². The van der Waals surface area contributed by atoms with Gasteiger partial charge >= 0.3 is 0 Å². The van der Waals surface area contributed by atoms with Crippen LogP contribution in [0.25, 0.3) is 0 Å². The summed E-state index contributed by atoms with van der Waals surface area (Å²) < 4.78 is 5.22. The summed E-state index contributed by atoms with van der Waals surface area (Å²) in [5, 5.41) is 0. The topological polar surface area (TPSA) is 66.9 Å². The molecule has 0 aliphatic carbocycles. The summed E-state index contributed by atoms with van der Waals surface area (Å²) in [5.74, 6) is -0.461.